The lowest BCUT2D eigenvalue weighted by atomic mass is 9.82. The Bertz CT molecular complexity index is 294. The summed E-state index contributed by atoms with van der Waals surface area (Å²) in [6.07, 6.45) is 5.72. The van der Waals surface area contributed by atoms with E-state index in [1.54, 1.807) is 0 Å². The first-order valence-corrected chi connectivity index (χ1v) is 7.40. The average molecular weight is 237 g/mol. The van der Waals surface area contributed by atoms with Crippen LogP contribution >= 0.6 is 11.3 Å². The Kier molecular flexibility index (Phi) is 4.42. The molecule has 0 spiro atoms. The van der Waals surface area contributed by atoms with Crippen LogP contribution in [-0.2, 0) is 0 Å². The van der Waals surface area contributed by atoms with Crippen molar-refractivity contribution >= 4 is 11.3 Å². The van der Waals surface area contributed by atoms with E-state index in [4.69, 9.17) is 0 Å². The molecule has 0 aromatic carbocycles. The third-order valence-electron chi connectivity index (χ3n) is 3.73. The Balaban J connectivity index is 1.74. The fourth-order valence-corrected chi connectivity index (χ4v) is 3.49. The highest BCUT2D eigenvalue weighted by Gasteiger charge is 2.19. The highest BCUT2D eigenvalue weighted by molar-refractivity contribution is 7.10. The topological polar surface area (TPSA) is 12.0 Å². The Morgan fingerprint density at radius 2 is 2.38 bits per heavy atom. The first-order chi connectivity index (χ1) is 7.75. The van der Waals surface area contributed by atoms with E-state index in [9.17, 15) is 0 Å². The average Bonchev–Trinajstić information content (AvgIpc) is 2.79. The quantitative estimate of drug-likeness (QED) is 0.826. The first kappa shape index (κ1) is 12.1. The second-order valence-corrected chi connectivity index (χ2v) is 6.26. The van der Waals surface area contributed by atoms with E-state index in [0.29, 0.717) is 6.04 Å². The summed E-state index contributed by atoms with van der Waals surface area (Å²) in [5.41, 5.74) is 0. The molecule has 0 bridgehead atoms. The standard InChI is InChI=1S/C14H23NS/c1-11-5-3-6-13(9-11)10-15-12(2)14-7-4-8-16-14/h4,7-8,11-13,15H,3,5-6,9-10H2,1-2H3/t11?,12-,13?/m0/s1. The third kappa shape index (κ3) is 3.33. The van der Waals surface area contributed by atoms with E-state index in [2.05, 4.69) is 36.7 Å². The number of nitrogens with one attached hydrogen (secondary N) is 1. The molecule has 16 heavy (non-hydrogen) atoms. The van der Waals surface area contributed by atoms with Crippen LogP contribution in [0, 0.1) is 11.8 Å². The maximum atomic E-state index is 3.69. The molecule has 0 aliphatic heterocycles. The molecule has 1 saturated carbocycles. The highest BCUT2D eigenvalue weighted by Crippen LogP contribution is 2.28. The molecule has 90 valence electrons. The van der Waals surface area contributed by atoms with Crippen molar-refractivity contribution in [3.8, 4) is 0 Å². The molecule has 2 rings (SSSR count). The Morgan fingerprint density at radius 3 is 3.06 bits per heavy atom. The zero-order valence-electron chi connectivity index (χ0n) is 10.4. The lowest BCUT2D eigenvalue weighted by molar-refractivity contribution is 0.269. The molecule has 1 aliphatic carbocycles. The highest BCUT2D eigenvalue weighted by atomic mass is 32.1. The van der Waals surface area contributed by atoms with Gasteiger partial charge in [-0.3, -0.25) is 0 Å². The molecule has 1 fully saturated rings. The van der Waals surface area contributed by atoms with Gasteiger partial charge in [0.25, 0.3) is 0 Å². The largest absolute Gasteiger partial charge is 0.309 e. The van der Waals surface area contributed by atoms with Gasteiger partial charge in [0, 0.05) is 10.9 Å². The second kappa shape index (κ2) is 5.83. The summed E-state index contributed by atoms with van der Waals surface area (Å²) in [5, 5.41) is 5.85. The maximum absolute atomic E-state index is 3.69. The number of hydrogen-bond donors (Lipinski definition) is 1. The van der Waals surface area contributed by atoms with Gasteiger partial charge in [-0.1, -0.05) is 25.8 Å². The van der Waals surface area contributed by atoms with Gasteiger partial charge in [-0.25, -0.2) is 0 Å². The minimum Gasteiger partial charge on any atom is -0.309 e. The molecular weight excluding hydrogens is 214 g/mol. The fraction of sp³-hybridized carbons (Fsp3) is 0.714. The minimum atomic E-state index is 0.525. The third-order valence-corrected chi connectivity index (χ3v) is 4.78. The Hall–Kier alpha value is -0.340. The maximum Gasteiger partial charge on any atom is 0.0386 e. The Labute approximate surface area is 103 Å². The molecule has 1 N–H and O–H groups in total. The van der Waals surface area contributed by atoms with Crippen LogP contribution in [0.2, 0.25) is 0 Å². The van der Waals surface area contributed by atoms with Crippen LogP contribution < -0.4 is 5.32 Å². The van der Waals surface area contributed by atoms with Crippen molar-refractivity contribution in [3.05, 3.63) is 22.4 Å². The van der Waals surface area contributed by atoms with Crippen molar-refractivity contribution in [2.45, 2.75) is 45.6 Å². The minimum absolute atomic E-state index is 0.525. The molecule has 2 heteroatoms. The van der Waals surface area contributed by atoms with E-state index in [1.165, 1.54) is 37.1 Å². The van der Waals surface area contributed by atoms with Crippen molar-refractivity contribution in [3.63, 3.8) is 0 Å². The van der Waals surface area contributed by atoms with Gasteiger partial charge in [0.05, 0.1) is 0 Å². The first-order valence-electron chi connectivity index (χ1n) is 6.52. The van der Waals surface area contributed by atoms with Crippen LogP contribution in [-0.4, -0.2) is 6.54 Å². The zero-order valence-corrected chi connectivity index (χ0v) is 11.2. The molecule has 1 heterocycles. The number of thiophene rings is 1. The summed E-state index contributed by atoms with van der Waals surface area (Å²) in [4.78, 5) is 1.46. The molecule has 1 aliphatic rings. The lowest BCUT2D eigenvalue weighted by Crippen LogP contribution is -2.28. The van der Waals surface area contributed by atoms with Gasteiger partial charge in [-0.2, -0.15) is 0 Å². The van der Waals surface area contributed by atoms with Gasteiger partial charge in [-0.05, 0) is 49.6 Å². The molecule has 1 aromatic heterocycles. The van der Waals surface area contributed by atoms with Crippen molar-refractivity contribution in [1.82, 2.24) is 5.32 Å². The van der Waals surface area contributed by atoms with Gasteiger partial charge in [0.2, 0.25) is 0 Å². The van der Waals surface area contributed by atoms with Crippen LogP contribution in [0.15, 0.2) is 17.5 Å². The van der Waals surface area contributed by atoms with Crippen molar-refractivity contribution in [2.24, 2.45) is 11.8 Å². The summed E-state index contributed by atoms with van der Waals surface area (Å²) in [6, 6.07) is 4.89. The predicted molar refractivity (Wildman–Crippen MR) is 71.9 cm³/mol. The van der Waals surface area contributed by atoms with E-state index >= 15 is 0 Å². The van der Waals surface area contributed by atoms with E-state index < -0.39 is 0 Å². The molecule has 0 saturated heterocycles. The molecule has 0 radical (unpaired) electrons. The molecule has 2 unspecified atom stereocenters. The monoisotopic (exact) mass is 237 g/mol. The molecule has 1 nitrogen and oxygen atoms in total. The SMILES string of the molecule is CC1CCCC(CN[C@@H](C)c2cccs2)C1. The van der Waals surface area contributed by atoms with Crippen molar-refractivity contribution < 1.29 is 0 Å². The second-order valence-electron chi connectivity index (χ2n) is 5.28. The van der Waals surface area contributed by atoms with Gasteiger partial charge >= 0.3 is 0 Å². The molecule has 3 atom stereocenters. The molecule has 1 aromatic rings. The summed E-state index contributed by atoms with van der Waals surface area (Å²) in [6.45, 7) is 5.87. The fourth-order valence-electron chi connectivity index (χ4n) is 2.73. The zero-order chi connectivity index (χ0) is 11.4. The summed E-state index contributed by atoms with van der Waals surface area (Å²) < 4.78 is 0. The van der Waals surface area contributed by atoms with Crippen LogP contribution in [0.4, 0.5) is 0 Å². The Morgan fingerprint density at radius 1 is 1.50 bits per heavy atom. The van der Waals surface area contributed by atoms with Crippen molar-refractivity contribution in [2.75, 3.05) is 6.54 Å². The molecular formula is C14H23NS. The van der Waals surface area contributed by atoms with Crippen LogP contribution in [0.25, 0.3) is 0 Å². The predicted octanol–water partition coefficient (Wildman–Crippen LogP) is 4.23. The summed E-state index contributed by atoms with van der Waals surface area (Å²) in [5.74, 6) is 1.85. The van der Waals surface area contributed by atoms with Crippen molar-refractivity contribution in [1.29, 1.82) is 0 Å². The number of hydrogen-bond acceptors (Lipinski definition) is 2. The molecule has 0 amide bonds. The van der Waals surface area contributed by atoms with Gasteiger partial charge in [-0.15, -0.1) is 11.3 Å². The summed E-state index contributed by atoms with van der Waals surface area (Å²) >= 11 is 1.86. The van der Waals surface area contributed by atoms with Gasteiger partial charge in [0.1, 0.15) is 0 Å². The smallest absolute Gasteiger partial charge is 0.0386 e. The van der Waals surface area contributed by atoms with Gasteiger partial charge in [0.15, 0.2) is 0 Å². The van der Waals surface area contributed by atoms with Gasteiger partial charge < -0.3 is 5.32 Å². The van der Waals surface area contributed by atoms with E-state index in [1.807, 2.05) is 11.3 Å². The van der Waals surface area contributed by atoms with E-state index in [0.717, 1.165) is 11.8 Å². The van der Waals surface area contributed by atoms with Crippen LogP contribution in [0.3, 0.4) is 0 Å². The van der Waals surface area contributed by atoms with Crippen LogP contribution in [0.1, 0.15) is 50.4 Å². The van der Waals surface area contributed by atoms with E-state index in [-0.39, 0.29) is 0 Å². The van der Waals surface area contributed by atoms with Crippen LogP contribution in [0.5, 0.6) is 0 Å². The summed E-state index contributed by atoms with van der Waals surface area (Å²) in [7, 11) is 0. The number of rotatable bonds is 4. The lowest BCUT2D eigenvalue weighted by Gasteiger charge is -2.28. The normalized spacial score (nSPS) is 27.9.